The van der Waals surface area contributed by atoms with E-state index in [0.717, 1.165) is 13.2 Å². The van der Waals surface area contributed by atoms with E-state index in [9.17, 15) is 14.3 Å². The molecule has 1 aromatic carbocycles. The van der Waals surface area contributed by atoms with Crippen molar-refractivity contribution in [3.8, 4) is 5.75 Å². The first-order valence-corrected chi connectivity index (χ1v) is 5.55. The molecule has 0 radical (unpaired) electrons. The number of carbonyl (C=O) groups is 1. The number of benzene rings is 1. The standard InChI is InChI=1S/C11H12BrFO4/c1-11(15,10(14)16-2)6-17-9-5-7(13)3-4-8(9)12/h3-5,15H,6H2,1-2H3. The molecular formula is C11H12BrFO4. The Labute approximate surface area is 106 Å². The van der Waals surface area contributed by atoms with Crippen LogP contribution in [0.1, 0.15) is 6.92 Å². The molecule has 0 aliphatic carbocycles. The lowest BCUT2D eigenvalue weighted by molar-refractivity contribution is -0.163. The van der Waals surface area contributed by atoms with Crippen molar-refractivity contribution in [1.29, 1.82) is 0 Å². The Bertz CT molecular complexity index is 420. The van der Waals surface area contributed by atoms with Crippen LogP contribution in [0.4, 0.5) is 4.39 Å². The average Bonchev–Trinajstić information content (AvgIpc) is 2.29. The fourth-order valence-corrected chi connectivity index (χ4v) is 1.45. The van der Waals surface area contributed by atoms with Gasteiger partial charge in [-0.2, -0.15) is 0 Å². The highest BCUT2D eigenvalue weighted by atomic mass is 79.9. The van der Waals surface area contributed by atoms with Crippen LogP contribution in [0.3, 0.4) is 0 Å². The molecule has 0 bridgehead atoms. The van der Waals surface area contributed by atoms with Crippen molar-refractivity contribution in [2.75, 3.05) is 13.7 Å². The minimum Gasteiger partial charge on any atom is -0.489 e. The number of ether oxygens (including phenoxy) is 2. The first-order chi connectivity index (χ1) is 7.86. The van der Waals surface area contributed by atoms with Crippen LogP contribution in [-0.2, 0) is 9.53 Å². The summed E-state index contributed by atoms with van der Waals surface area (Å²) in [4.78, 5) is 11.2. The molecule has 4 nitrogen and oxygen atoms in total. The smallest absolute Gasteiger partial charge is 0.341 e. The molecule has 94 valence electrons. The summed E-state index contributed by atoms with van der Waals surface area (Å²) in [6.45, 7) is 0.924. The number of aliphatic hydroxyl groups is 1. The van der Waals surface area contributed by atoms with E-state index in [0.29, 0.717) is 4.47 Å². The van der Waals surface area contributed by atoms with Crippen LogP contribution >= 0.6 is 15.9 Å². The highest BCUT2D eigenvalue weighted by Gasteiger charge is 2.32. The summed E-state index contributed by atoms with van der Waals surface area (Å²) in [5.41, 5.74) is -1.78. The lowest BCUT2D eigenvalue weighted by atomic mass is 10.1. The molecule has 1 N–H and O–H groups in total. The van der Waals surface area contributed by atoms with Gasteiger partial charge in [-0.05, 0) is 35.0 Å². The van der Waals surface area contributed by atoms with Gasteiger partial charge in [0.2, 0.25) is 0 Å². The minimum absolute atomic E-state index is 0.203. The van der Waals surface area contributed by atoms with Gasteiger partial charge in [0.25, 0.3) is 0 Å². The maximum atomic E-state index is 12.9. The van der Waals surface area contributed by atoms with Crippen LogP contribution in [0, 0.1) is 5.82 Å². The van der Waals surface area contributed by atoms with E-state index >= 15 is 0 Å². The van der Waals surface area contributed by atoms with Crippen LogP contribution < -0.4 is 4.74 Å². The van der Waals surface area contributed by atoms with Crippen molar-refractivity contribution in [3.63, 3.8) is 0 Å². The Kier molecular flexibility index (Phi) is 4.47. The van der Waals surface area contributed by atoms with Gasteiger partial charge in [0, 0.05) is 6.07 Å². The van der Waals surface area contributed by atoms with E-state index in [1.165, 1.54) is 19.1 Å². The van der Waals surface area contributed by atoms with Crippen molar-refractivity contribution < 1.29 is 23.8 Å². The number of hydrogen-bond acceptors (Lipinski definition) is 4. The number of rotatable bonds is 4. The highest BCUT2D eigenvalue weighted by Crippen LogP contribution is 2.26. The topological polar surface area (TPSA) is 55.8 Å². The largest absolute Gasteiger partial charge is 0.489 e. The lowest BCUT2D eigenvalue weighted by Gasteiger charge is -2.20. The first-order valence-electron chi connectivity index (χ1n) is 4.75. The summed E-state index contributed by atoms with van der Waals surface area (Å²) >= 11 is 3.16. The zero-order valence-corrected chi connectivity index (χ0v) is 11.0. The summed E-state index contributed by atoms with van der Waals surface area (Å²) in [5, 5.41) is 9.70. The Hall–Kier alpha value is -1.14. The third-order valence-corrected chi connectivity index (χ3v) is 2.68. The molecular weight excluding hydrogens is 295 g/mol. The number of esters is 1. The van der Waals surface area contributed by atoms with Crippen LogP contribution in [0.15, 0.2) is 22.7 Å². The average molecular weight is 307 g/mol. The highest BCUT2D eigenvalue weighted by molar-refractivity contribution is 9.10. The van der Waals surface area contributed by atoms with E-state index in [1.807, 2.05) is 0 Å². The van der Waals surface area contributed by atoms with Gasteiger partial charge in [-0.1, -0.05) is 0 Å². The zero-order valence-electron chi connectivity index (χ0n) is 9.37. The number of carbonyl (C=O) groups excluding carboxylic acids is 1. The van der Waals surface area contributed by atoms with Crippen molar-refractivity contribution in [3.05, 3.63) is 28.5 Å². The molecule has 1 atom stereocenters. The zero-order chi connectivity index (χ0) is 13.1. The SMILES string of the molecule is COC(=O)C(C)(O)COc1cc(F)ccc1Br. The Morgan fingerprint density at radius 1 is 1.59 bits per heavy atom. The summed E-state index contributed by atoms with van der Waals surface area (Å²) < 4.78 is 23.0. The summed E-state index contributed by atoms with van der Waals surface area (Å²) in [6.07, 6.45) is 0. The molecule has 0 heterocycles. The van der Waals surface area contributed by atoms with Crippen LogP contribution in [0.2, 0.25) is 0 Å². The minimum atomic E-state index is -1.78. The van der Waals surface area contributed by atoms with Gasteiger partial charge in [-0.3, -0.25) is 0 Å². The molecule has 0 fully saturated rings. The molecule has 17 heavy (non-hydrogen) atoms. The van der Waals surface area contributed by atoms with E-state index in [-0.39, 0.29) is 12.4 Å². The van der Waals surface area contributed by atoms with Crippen molar-refractivity contribution in [2.45, 2.75) is 12.5 Å². The van der Waals surface area contributed by atoms with Crippen molar-refractivity contribution in [2.24, 2.45) is 0 Å². The third-order valence-electron chi connectivity index (χ3n) is 2.03. The van der Waals surface area contributed by atoms with Crippen molar-refractivity contribution >= 4 is 21.9 Å². The van der Waals surface area contributed by atoms with E-state index in [4.69, 9.17) is 4.74 Å². The monoisotopic (exact) mass is 306 g/mol. The quantitative estimate of drug-likeness (QED) is 0.863. The predicted octanol–water partition coefficient (Wildman–Crippen LogP) is 1.89. The number of methoxy groups -OCH3 is 1. The molecule has 0 aromatic heterocycles. The Morgan fingerprint density at radius 2 is 2.24 bits per heavy atom. The molecule has 0 amide bonds. The summed E-state index contributed by atoms with van der Waals surface area (Å²) in [7, 11) is 1.16. The van der Waals surface area contributed by atoms with E-state index in [1.54, 1.807) is 0 Å². The summed E-state index contributed by atoms with van der Waals surface area (Å²) in [5.74, 6) is -1.08. The summed E-state index contributed by atoms with van der Waals surface area (Å²) in [6, 6.07) is 3.88. The second-order valence-corrected chi connectivity index (χ2v) is 4.48. The maximum absolute atomic E-state index is 12.9. The van der Waals surface area contributed by atoms with Gasteiger partial charge in [0.05, 0.1) is 11.6 Å². The Balaban J connectivity index is 2.73. The van der Waals surface area contributed by atoms with Crippen LogP contribution in [-0.4, -0.2) is 30.4 Å². The van der Waals surface area contributed by atoms with E-state index < -0.39 is 17.4 Å². The van der Waals surface area contributed by atoms with Gasteiger partial charge in [-0.15, -0.1) is 0 Å². The van der Waals surface area contributed by atoms with Gasteiger partial charge in [0.1, 0.15) is 18.2 Å². The second kappa shape index (κ2) is 5.46. The van der Waals surface area contributed by atoms with E-state index in [2.05, 4.69) is 20.7 Å². The molecule has 1 rings (SSSR count). The fourth-order valence-electron chi connectivity index (χ4n) is 1.08. The van der Waals surface area contributed by atoms with Gasteiger partial charge in [-0.25, -0.2) is 9.18 Å². The molecule has 1 aromatic rings. The molecule has 0 aliphatic rings. The molecule has 0 saturated heterocycles. The molecule has 1 unspecified atom stereocenters. The van der Waals surface area contributed by atoms with Gasteiger partial charge >= 0.3 is 5.97 Å². The maximum Gasteiger partial charge on any atom is 0.341 e. The molecule has 0 saturated carbocycles. The fraction of sp³-hybridized carbons (Fsp3) is 0.364. The van der Waals surface area contributed by atoms with Crippen LogP contribution in [0.25, 0.3) is 0 Å². The first kappa shape index (κ1) is 13.9. The second-order valence-electron chi connectivity index (χ2n) is 3.63. The van der Waals surface area contributed by atoms with Crippen LogP contribution in [0.5, 0.6) is 5.75 Å². The van der Waals surface area contributed by atoms with Gasteiger partial charge < -0.3 is 14.6 Å². The molecule has 0 aliphatic heterocycles. The Morgan fingerprint density at radius 3 is 2.82 bits per heavy atom. The number of hydrogen-bond donors (Lipinski definition) is 1. The van der Waals surface area contributed by atoms with Crippen molar-refractivity contribution in [1.82, 2.24) is 0 Å². The molecule has 0 spiro atoms. The predicted molar refractivity (Wildman–Crippen MR) is 62.2 cm³/mol. The normalized spacial score (nSPS) is 13.9. The third kappa shape index (κ3) is 3.67. The molecule has 6 heteroatoms. The number of halogens is 2. The van der Waals surface area contributed by atoms with Gasteiger partial charge in [0.15, 0.2) is 5.60 Å². The lowest BCUT2D eigenvalue weighted by Crippen LogP contribution is -2.42.